The van der Waals surface area contributed by atoms with Gasteiger partial charge in [-0.2, -0.15) is 0 Å². The summed E-state index contributed by atoms with van der Waals surface area (Å²) in [6, 6.07) is 1.84. The van der Waals surface area contributed by atoms with Crippen molar-refractivity contribution in [2.24, 2.45) is 5.92 Å². The van der Waals surface area contributed by atoms with Crippen molar-refractivity contribution < 1.29 is 18.0 Å². The molecular formula is C16H17F3O. The fourth-order valence-electron chi connectivity index (χ4n) is 2.68. The third-order valence-corrected chi connectivity index (χ3v) is 3.69. The van der Waals surface area contributed by atoms with Crippen molar-refractivity contribution in [2.75, 3.05) is 0 Å². The lowest BCUT2D eigenvalue weighted by Crippen LogP contribution is -2.16. The lowest BCUT2D eigenvalue weighted by molar-refractivity contribution is -0.116. The van der Waals surface area contributed by atoms with Crippen LogP contribution in [0.5, 0.6) is 0 Å². The molecule has 1 aliphatic carbocycles. The van der Waals surface area contributed by atoms with E-state index in [0.717, 1.165) is 31.4 Å². The van der Waals surface area contributed by atoms with Gasteiger partial charge in [0.25, 0.3) is 0 Å². The maximum Gasteiger partial charge on any atom is 0.194 e. The molecule has 0 bridgehead atoms. The maximum absolute atomic E-state index is 13.2. The van der Waals surface area contributed by atoms with Crippen LogP contribution in [0.3, 0.4) is 0 Å². The number of carbonyl (C=O) groups is 1. The van der Waals surface area contributed by atoms with Gasteiger partial charge in [-0.1, -0.05) is 19.8 Å². The number of benzene rings is 1. The van der Waals surface area contributed by atoms with E-state index in [1.54, 1.807) is 0 Å². The molecule has 0 N–H and O–H groups in total. The van der Waals surface area contributed by atoms with E-state index in [1.165, 1.54) is 6.08 Å². The predicted octanol–water partition coefficient (Wildman–Crippen LogP) is 4.66. The molecule has 0 aliphatic heterocycles. The number of halogens is 3. The standard InChI is InChI=1S/C16H17F3O/c1-2-3-10-4-5-15(20)12(6-10)7-11-8-13(17)16(19)14(18)9-11/h7-10H,2-6H2,1H3. The normalized spacial score (nSPS) is 21.5. The molecule has 4 heteroatoms. The summed E-state index contributed by atoms with van der Waals surface area (Å²) in [5.41, 5.74) is 0.780. The van der Waals surface area contributed by atoms with E-state index >= 15 is 0 Å². The van der Waals surface area contributed by atoms with Gasteiger partial charge in [-0.05, 0) is 48.1 Å². The van der Waals surface area contributed by atoms with Gasteiger partial charge in [0, 0.05) is 6.42 Å². The van der Waals surface area contributed by atoms with E-state index in [2.05, 4.69) is 6.92 Å². The molecule has 1 nitrogen and oxygen atoms in total. The van der Waals surface area contributed by atoms with E-state index in [4.69, 9.17) is 0 Å². The van der Waals surface area contributed by atoms with E-state index in [0.29, 0.717) is 24.3 Å². The Hall–Kier alpha value is -1.58. The van der Waals surface area contributed by atoms with Crippen molar-refractivity contribution in [3.05, 3.63) is 40.7 Å². The largest absolute Gasteiger partial charge is 0.295 e. The second kappa shape index (κ2) is 6.25. The Kier molecular flexibility index (Phi) is 4.63. The molecule has 1 atom stereocenters. The Labute approximate surface area is 116 Å². The van der Waals surface area contributed by atoms with Crippen LogP contribution in [0.1, 0.15) is 44.6 Å². The van der Waals surface area contributed by atoms with Crippen LogP contribution in [0.15, 0.2) is 17.7 Å². The number of allylic oxidation sites excluding steroid dienone is 1. The van der Waals surface area contributed by atoms with Gasteiger partial charge in [0.15, 0.2) is 23.2 Å². The van der Waals surface area contributed by atoms with Crippen LogP contribution in [0, 0.1) is 23.4 Å². The molecule has 0 heterocycles. The topological polar surface area (TPSA) is 17.1 Å². The van der Waals surface area contributed by atoms with Gasteiger partial charge in [-0.15, -0.1) is 0 Å². The number of Topliss-reactive ketones (excluding diaryl/α,β-unsaturated/α-hetero) is 1. The highest BCUT2D eigenvalue weighted by Crippen LogP contribution is 2.30. The highest BCUT2D eigenvalue weighted by molar-refractivity contribution is 6.00. The molecular weight excluding hydrogens is 265 g/mol. The summed E-state index contributed by atoms with van der Waals surface area (Å²) in [6.45, 7) is 2.09. The lowest BCUT2D eigenvalue weighted by atomic mass is 9.81. The smallest absolute Gasteiger partial charge is 0.194 e. The summed E-state index contributed by atoms with van der Waals surface area (Å²) < 4.78 is 39.2. The van der Waals surface area contributed by atoms with Crippen molar-refractivity contribution >= 4 is 11.9 Å². The van der Waals surface area contributed by atoms with Crippen LogP contribution in [-0.4, -0.2) is 5.78 Å². The first-order valence-corrected chi connectivity index (χ1v) is 6.89. The van der Waals surface area contributed by atoms with Gasteiger partial charge in [-0.3, -0.25) is 4.79 Å². The molecule has 1 fully saturated rings. The molecule has 0 radical (unpaired) electrons. The van der Waals surface area contributed by atoms with Crippen molar-refractivity contribution in [2.45, 2.75) is 39.0 Å². The summed E-state index contributed by atoms with van der Waals surface area (Å²) in [6.07, 6.45) is 5.55. The molecule has 1 saturated carbocycles. The molecule has 0 saturated heterocycles. The van der Waals surface area contributed by atoms with Crippen molar-refractivity contribution in [1.29, 1.82) is 0 Å². The molecule has 0 aromatic heterocycles. The molecule has 0 amide bonds. The second-order valence-electron chi connectivity index (χ2n) is 5.29. The van der Waals surface area contributed by atoms with Crippen molar-refractivity contribution in [3.8, 4) is 0 Å². The highest BCUT2D eigenvalue weighted by atomic mass is 19.2. The molecule has 108 valence electrons. The van der Waals surface area contributed by atoms with Gasteiger partial charge in [-0.25, -0.2) is 13.2 Å². The molecule has 1 aliphatic rings. The van der Waals surface area contributed by atoms with Crippen molar-refractivity contribution in [1.82, 2.24) is 0 Å². The summed E-state index contributed by atoms with van der Waals surface area (Å²) in [4.78, 5) is 11.9. The van der Waals surface area contributed by atoms with Gasteiger partial charge in [0.05, 0.1) is 0 Å². The number of rotatable bonds is 3. The van der Waals surface area contributed by atoms with E-state index < -0.39 is 17.5 Å². The second-order valence-corrected chi connectivity index (χ2v) is 5.29. The number of carbonyl (C=O) groups excluding carboxylic acids is 1. The van der Waals surface area contributed by atoms with Gasteiger partial charge in [0.1, 0.15) is 0 Å². The maximum atomic E-state index is 13.2. The fourth-order valence-corrected chi connectivity index (χ4v) is 2.68. The minimum absolute atomic E-state index is 0.0162. The predicted molar refractivity (Wildman–Crippen MR) is 71.5 cm³/mol. The molecule has 0 spiro atoms. The van der Waals surface area contributed by atoms with Crippen LogP contribution < -0.4 is 0 Å². The fraction of sp³-hybridized carbons (Fsp3) is 0.438. The van der Waals surface area contributed by atoms with Gasteiger partial charge in [0.2, 0.25) is 0 Å². The Morgan fingerprint density at radius 1 is 1.25 bits per heavy atom. The number of hydrogen-bond donors (Lipinski definition) is 0. The molecule has 1 unspecified atom stereocenters. The number of ketones is 1. The Balaban J connectivity index is 2.26. The Morgan fingerprint density at radius 3 is 2.50 bits per heavy atom. The quantitative estimate of drug-likeness (QED) is 0.582. The first kappa shape index (κ1) is 14.8. The van der Waals surface area contributed by atoms with E-state index in [9.17, 15) is 18.0 Å². The minimum atomic E-state index is -1.48. The van der Waals surface area contributed by atoms with Gasteiger partial charge >= 0.3 is 0 Å². The highest BCUT2D eigenvalue weighted by Gasteiger charge is 2.23. The zero-order valence-electron chi connectivity index (χ0n) is 11.4. The monoisotopic (exact) mass is 282 g/mol. The van der Waals surface area contributed by atoms with Crippen LogP contribution in [-0.2, 0) is 4.79 Å². The Bertz CT molecular complexity index is 526. The van der Waals surface area contributed by atoms with Crippen molar-refractivity contribution in [3.63, 3.8) is 0 Å². The minimum Gasteiger partial charge on any atom is -0.295 e. The zero-order valence-corrected chi connectivity index (χ0v) is 11.4. The first-order valence-electron chi connectivity index (χ1n) is 6.89. The zero-order chi connectivity index (χ0) is 14.7. The Morgan fingerprint density at radius 2 is 1.90 bits per heavy atom. The SMILES string of the molecule is CCCC1CCC(=O)C(=Cc2cc(F)c(F)c(F)c2)C1. The average molecular weight is 282 g/mol. The van der Waals surface area contributed by atoms with E-state index in [1.807, 2.05) is 0 Å². The molecule has 1 aromatic carbocycles. The van der Waals surface area contributed by atoms with Crippen LogP contribution in [0.4, 0.5) is 13.2 Å². The van der Waals surface area contributed by atoms with E-state index in [-0.39, 0.29) is 11.3 Å². The lowest BCUT2D eigenvalue weighted by Gasteiger charge is -2.22. The van der Waals surface area contributed by atoms with Crippen LogP contribution in [0.25, 0.3) is 6.08 Å². The summed E-state index contributed by atoms with van der Waals surface area (Å²) in [5, 5.41) is 0. The average Bonchev–Trinajstić information content (AvgIpc) is 2.40. The molecule has 2 rings (SSSR count). The van der Waals surface area contributed by atoms with Crippen LogP contribution in [0.2, 0.25) is 0 Å². The third kappa shape index (κ3) is 3.30. The summed E-state index contributed by atoms with van der Waals surface area (Å²) >= 11 is 0. The van der Waals surface area contributed by atoms with Gasteiger partial charge < -0.3 is 0 Å². The summed E-state index contributed by atoms with van der Waals surface area (Å²) in [5.74, 6) is -3.48. The molecule has 20 heavy (non-hydrogen) atoms. The first-order chi connectivity index (χ1) is 9.51. The summed E-state index contributed by atoms with van der Waals surface area (Å²) in [7, 11) is 0. The molecule has 1 aromatic rings. The van der Waals surface area contributed by atoms with Crippen LogP contribution >= 0.6 is 0 Å². The number of hydrogen-bond acceptors (Lipinski definition) is 1. The third-order valence-electron chi connectivity index (χ3n) is 3.69.